The number of piperidine rings is 1. The molecular weight excluding hydrogens is 416 g/mol. The van der Waals surface area contributed by atoms with Crippen LogP contribution < -0.4 is 4.90 Å². The van der Waals surface area contributed by atoms with E-state index in [9.17, 15) is 4.79 Å². The summed E-state index contributed by atoms with van der Waals surface area (Å²) < 4.78 is 4.58. The second kappa shape index (κ2) is 9.82. The van der Waals surface area contributed by atoms with E-state index in [0.717, 1.165) is 69.1 Å². The topological polar surface area (TPSA) is 49.3 Å². The zero-order valence-electron chi connectivity index (χ0n) is 18.4. The van der Waals surface area contributed by atoms with E-state index >= 15 is 0 Å². The Morgan fingerprint density at radius 3 is 2.31 bits per heavy atom. The lowest BCUT2D eigenvalue weighted by Crippen LogP contribution is -2.48. The van der Waals surface area contributed by atoms with Crippen LogP contribution >= 0.6 is 11.5 Å². The first-order chi connectivity index (χ1) is 15.8. The fraction of sp³-hybridized carbons (Fsp3) is 0.423. The van der Waals surface area contributed by atoms with Crippen LogP contribution in [-0.4, -0.2) is 45.8 Å². The number of anilines is 1. The van der Waals surface area contributed by atoms with Crippen molar-refractivity contribution in [3.8, 4) is 0 Å². The maximum absolute atomic E-state index is 13.4. The van der Waals surface area contributed by atoms with Gasteiger partial charge in [-0.15, -0.1) is 0 Å². The Kier molecular flexibility index (Phi) is 6.49. The summed E-state index contributed by atoms with van der Waals surface area (Å²) >= 11 is 1.43. The molecule has 3 aromatic rings. The average molecular weight is 447 g/mol. The maximum atomic E-state index is 13.4. The van der Waals surface area contributed by atoms with Gasteiger partial charge in [-0.25, -0.2) is 4.98 Å². The largest absolute Gasteiger partial charge is 0.341 e. The maximum Gasteiger partial charge on any atom is 0.245 e. The van der Waals surface area contributed by atoms with Crippen molar-refractivity contribution in [1.29, 1.82) is 0 Å². The van der Waals surface area contributed by atoms with Gasteiger partial charge >= 0.3 is 0 Å². The molecule has 1 aromatic heterocycles. The van der Waals surface area contributed by atoms with Gasteiger partial charge < -0.3 is 9.80 Å². The van der Waals surface area contributed by atoms with Gasteiger partial charge in [0.2, 0.25) is 11.0 Å². The molecule has 166 valence electrons. The van der Waals surface area contributed by atoms with Crippen LogP contribution in [0.15, 0.2) is 60.7 Å². The van der Waals surface area contributed by atoms with E-state index in [2.05, 4.69) is 56.6 Å². The van der Waals surface area contributed by atoms with Crippen LogP contribution in [0.4, 0.5) is 5.13 Å². The Morgan fingerprint density at radius 1 is 0.906 bits per heavy atom. The predicted octanol–water partition coefficient (Wildman–Crippen LogP) is 4.58. The number of benzene rings is 2. The highest BCUT2D eigenvalue weighted by molar-refractivity contribution is 7.09. The van der Waals surface area contributed by atoms with E-state index < -0.39 is 0 Å². The van der Waals surface area contributed by atoms with Crippen molar-refractivity contribution in [2.45, 2.75) is 44.6 Å². The number of hydrogen-bond acceptors (Lipinski definition) is 5. The first-order valence-corrected chi connectivity index (χ1v) is 12.5. The molecule has 1 amide bonds. The Balaban J connectivity index is 1.18. The van der Waals surface area contributed by atoms with E-state index in [4.69, 9.17) is 4.98 Å². The molecule has 0 N–H and O–H groups in total. The number of nitrogens with zero attached hydrogens (tertiary/aromatic N) is 4. The summed E-state index contributed by atoms with van der Waals surface area (Å²) in [6.07, 6.45) is 5.98. The molecule has 2 aromatic carbocycles. The highest BCUT2D eigenvalue weighted by Gasteiger charge is 2.36. The molecule has 5 nitrogen and oxygen atoms in total. The van der Waals surface area contributed by atoms with Crippen molar-refractivity contribution in [3.05, 3.63) is 77.6 Å². The van der Waals surface area contributed by atoms with E-state index in [1.54, 1.807) is 0 Å². The van der Waals surface area contributed by atoms with Crippen molar-refractivity contribution in [2.24, 2.45) is 5.92 Å². The molecular formula is C26H30N4OS. The number of hydrogen-bond donors (Lipinski definition) is 0. The van der Waals surface area contributed by atoms with E-state index in [1.165, 1.54) is 22.7 Å². The molecule has 0 aliphatic carbocycles. The third-order valence-electron chi connectivity index (χ3n) is 6.74. The van der Waals surface area contributed by atoms with Crippen molar-refractivity contribution < 1.29 is 4.79 Å². The Morgan fingerprint density at radius 2 is 1.59 bits per heavy atom. The van der Waals surface area contributed by atoms with E-state index in [-0.39, 0.29) is 11.9 Å². The van der Waals surface area contributed by atoms with Crippen LogP contribution in [0.1, 0.15) is 42.6 Å². The van der Waals surface area contributed by atoms with Gasteiger partial charge in [-0.1, -0.05) is 60.7 Å². The Bertz CT molecular complexity index is 1010. The van der Waals surface area contributed by atoms with Gasteiger partial charge in [0.25, 0.3) is 0 Å². The zero-order valence-corrected chi connectivity index (χ0v) is 19.2. The van der Waals surface area contributed by atoms with Crippen LogP contribution in [0, 0.1) is 5.92 Å². The second-order valence-electron chi connectivity index (χ2n) is 8.97. The predicted molar refractivity (Wildman–Crippen MR) is 129 cm³/mol. The number of carbonyl (C=O) groups is 1. The zero-order chi connectivity index (χ0) is 21.8. The second-order valence-corrected chi connectivity index (χ2v) is 9.70. The normalized spacial score (nSPS) is 19.4. The molecule has 2 saturated heterocycles. The van der Waals surface area contributed by atoms with Crippen LogP contribution in [0.5, 0.6) is 0 Å². The van der Waals surface area contributed by atoms with Gasteiger partial charge in [0.05, 0.1) is 0 Å². The highest BCUT2D eigenvalue weighted by atomic mass is 32.1. The van der Waals surface area contributed by atoms with Gasteiger partial charge in [-0.3, -0.25) is 4.79 Å². The number of carbonyl (C=O) groups excluding carboxylic acids is 1. The summed E-state index contributed by atoms with van der Waals surface area (Å²) in [5.74, 6) is 1.79. The lowest BCUT2D eigenvalue weighted by Gasteiger charge is -2.35. The van der Waals surface area contributed by atoms with Crippen LogP contribution in [-0.2, 0) is 17.6 Å². The summed E-state index contributed by atoms with van der Waals surface area (Å²) in [5, 5.41) is 0.894. The van der Waals surface area contributed by atoms with Gasteiger partial charge in [0.1, 0.15) is 11.9 Å². The molecule has 0 saturated carbocycles. The molecule has 2 aliphatic rings. The molecule has 6 heteroatoms. The van der Waals surface area contributed by atoms with Gasteiger partial charge in [-0.2, -0.15) is 4.37 Å². The molecule has 0 spiro atoms. The van der Waals surface area contributed by atoms with Gasteiger partial charge in [0, 0.05) is 37.6 Å². The monoisotopic (exact) mass is 446 g/mol. The summed E-state index contributed by atoms with van der Waals surface area (Å²) in [7, 11) is 0. The van der Waals surface area contributed by atoms with Crippen LogP contribution in [0.3, 0.4) is 0 Å². The number of likely N-dealkylation sites (tertiary alicyclic amines) is 1. The molecule has 32 heavy (non-hydrogen) atoms. The lowest BCUT2D eigenvalue weighted by molar-refractivity contribution is -0.133. The molecule has 5 rings (SSSR count). The number of rotatable bonds is 6. The number of aromatic nitrogens is 2. The molecule has 0 bridgehead atoms. The first kappa shape index (κ1) is 21.1. The molecule has 0 radical (unpaired) electrons. The lowest BCUT2D eigenvalue weighted by atomic mass is 9.90. The minimum Gasteiger partial charge on any atom is -0.341 e. The van der Waals surface area contributed by atoms with Crippen LogP contribution in [0.25, 0.3) is 0 Å². The summed E-state index contributed by atoms with van der Waals surface area (Å²) in [6, 6.07) is 20.9. The SMILES string of the molecule is O=C(C1CCCN1c1nc(Cc2ccccc2)ns1)N1CCC(Cc2ccccc2)CC1. The Labute approximate surface area is 194 Å². The minimum absolute atomic E-state index is 0.0850. The van der Waals surface area contributed by atoms with E-state index in [0.29, 0.717) is 5.92 Å². The molecule has 1 atom stereocenters. The summed E-state index contributed by atoms with van der Waals surface area (Å²) in [4.78, 5) is 22.5. The van der Waals surface area contributed by atoms with Crippen LogP contribution in [0.2, 0.25) is 0 Å². The summed E-state index contributed by atoms with van der Waals surface area (Å²) in [5.41, 5.74) is 2.62. The molecule has 2 fully saturated rings. The minimum atomic E-state index is -0.0850. The smallest absolute Gasteiger partial charge is 0.245 e. The average Bonchev–Trinajstić information content (AvgIpc) is 3.50. The van der Waals surface area contributed by atoms with Gasteiger partial charge in [-0.05, 0) is 49.1 Å². The quantitative estimate of drug-likeness (QED) is 0.556. The van der Waals surface area contributed by atoms with Crippen molar-refractivity contribution >= 4 is 22.6 Å². The van der Waals surface area contributed by atoms with E-state index in [1.807, 2.05) is 18.2 Å². The molecule has 1 unspecified atom stereocenters. The van der Waals surface area contributed by atoms with Gasteiger partial charge in [0.15, 0.2) is 0 Å². The fourth-order valence-electron chi connectivity index (χ4n) is 4.98. The van der Waals surface area contributed by atoms with Crippen molar-refractivity contribution in [1.82, 2.24) is 14.3 Å². The standard InChI is InChI=1S/C26H30N4OS/c31-25(29-16-13-22(14-17-29)18-20-8-3-1-4-9-20)23-12-7-15-30(23)26-27-24(28-32-26)19-21-10-5-2-6-11-21/h1-6,8-11,22-23H,7,12-19H2. The van der Waals surface area contributed by atoms with Crippen molar-refractivity contribution in [2.75, 3.05) is 24.5 Å². The fourth-order valence-corrected chi connectivity index (χ4v) is 5.74. The highest BCUT2D eigenvalue weighted by Crippen LogP contribution is 2.30. The third-order valence-corrected chi connectivity index (χ3v) is 7.53. The molecule has 2 aliphatic heterocycles. The Hall–Kier alpha value is -2.73. The number of amides is 1. The molecule has 3 heterocycles. The summed E-state index contributed by atoms with van der Waals surface area (Å²) in [6.45, 7) is 2.63. The van der Waals surface area contributed by atoms with Crippen molar-refractivity contribution in [3.63, 3.8) is 0 Å². The first-order valence-electron chi connectivity index (χ1n) is 11.7. The third kappa shape index (κ3) is 4.85.